The van der Waals surface area contributed by atoms with Crippen LogP contribution < -0.4 is 10.6 Å². The number of rotatable bonds is 4. The Hall–Kier alpha value is -2.27. The normalized spacial score (nSPS) is 9.74. The van der Waals surface area contributed by atoms with Gasteiger partial charge in [0.15, 0.2) is 5.82 Å². The van der Waals surface area contributed by atoms with Crippen molar-refractivity contribution >= 4 is 28.6 Å². The van der Waals surface area contributed by atoms with Crippen LogP contribution in [0.2, 0.25) is 0 Å². The van der Waals surface area contributed by atoms with Gasteiger partial charge in [0.1, 0.15) is 4.99 Å². The van der Waals surface area contributed by atoms with E-state index in [4.69, 9.17) is 12.2 Å². The van der Waals surface area contributed by atoms with Gasteiger partial charge in [-0.1, -0.05) is 18.8 Å². The fourth-order valence-electron chi connectivity index (χ4n) is 1.64. The van der Waals surface area contributed by atoms with Gasteiger partial charge in [0.05, 0.1) is 11.4 Å². The smallest absolute Gasteiger partial charge is 0.159 e. The molecule has 0 spiro atoms. The molecule has 2 N–H and O–H groups in total. The van der Waals surface area contributed by atoms with Crippen molar-refractivity contribution in [2.45, 2.75) is 0 Å². The molecule has 2 rings (SSSR count). The first-order valence-corrected chi connectivity index (χ1v) is 6.18. The van der Waals surface area contributed by atoms with Crippen molar-refractivity contribution in [3.8, 4) is 11.4 Å². The molecule has 2 aromatic rings. The van der Waals surface area contributed by atoms with Gasteiger partial charge in [0.25, 0.3) is 0 Å². The van der Waals surface area contributed by atoms with Crippen molar-refractivity contribution in [2.75, 3.05) is 17.7 Å². The number of aromatic nitrogens is 2. The highest BCUT2D eigenvalue weighted by molar-refractivity contribution is 7.81. The summed E-state index contributed by atoms with van der Waals surface area (Å²) in [6.07, 6.45) is 5.03. The monoisotopic (exact) mass is 270 g/mol. The molecule has 0 aliphatic carbocycles. The molecule has 0 saturated carbocycles. The van der Waals surface area contributed by atoms with E-state index in [9.17, 15) is 0 Å². The Morgan fingerprint density at radius 2 is 2.00 bits per heavy atom. The molecular weight excluding hydrogens is 256 g/mol. The third-order valence-electron chi connectivity index (χ3n) is 2.56. The van der Waals surface area contributed by atoms with E-state index in [-0.39, 0.29) is 0 Å². The number of nitrogens with one attached hydrogen (secondary N) is 2. The summed E-state index contributed by atoms with van der Waals surface area (Å²) >= 11 is 5.12. The van der Waals surface area contributed by atoms with Crippen molar-refractivity contribution < 1.29 is 0 Å². The van der Waals surface area contributed by atoms with Crippen LogP contribution in [0.15, 0.2) is 49.3 Å². The van der Waals surface area contributed by atoms with Gasteiger partial charge < -0.3 is 10.6 Å². The van der Waals surface area contributed by atoms with E-state index in [1.54, 1.807) is 24.5 Å². The van der Waals surface area contributed by atoms with Crippen molar-refractivity contribution in [2.24, 2.45) is 0 Å². The Bertz CT molecular complexity index is 596. The minimum absolute atomic E-state index is 0.572. The first-order valence-electron chi connectivity index (χ1n) is 5.77. The summed E-state index contributed by atoms with van der Waals surface area (Å²) in [5, 5.41) is 6.22. The molecular formula is C14H14N4S. The Labute approximate surface area is 117 Å². The van der Waals surface area contributed by atoms with E-state index in [1.807, 2.05) is 25.2 Å². The quantitative estimate of drug-likeness (QED) is 0.660. The molecule has 19 heavy (non-hydrogen) atoms. The van der Waals surface area contributed by atoms with Crippen molar-refractivity contribution in [3.05, 3.63) is 49.3 Å². The summed E-state index contributed by atoms with van der Waals surface area (Å²) in [5.74, 6) is 0.678. The lowest BCUT2D eigenvalue weighted by atomic mass is 10.1. The third kappa shape index (κ3) is 3.14. The van der Waals surface area contributed by atoms with Crippen molar-refractivity contribution in [1.29, 1.82) is 0 Å². The van der Waals surface area contributed by atoms with Crippen LogP contribution in [0.4, 0.5) is 11.4 Å². The van der Waals surface area contributed by atoms with E-state index in [0.717, 1.165) is 16.9 Å². The van der Waals surface area contributed by atoms with Gasteiger partial charge in [0, 0.05) is 25.0 Å². The van der Waals surface area contributed by atoms with Crippen LogP contribution in [0.1, 0.15) is 0 Å². The predicted molar refractivity (Wildman–Crippen MR) is 83.4 cm³/mol. The van der Waals surface area contributed by atoms with Gasteiger partial charge >= 0.3 is 0 Å². The Morgan fingerprint density at radius 1 is 1.26 bits per heavy atom. The van der Waals surface area contributed by atoms with Crippen LogP contribution in [0.3, 0.4) is 0 Å². The standard InChI is InChI=1S/C14H14N4S/c1-3-13(19)18-12-9-10(5-6-11(12)15-2)14-16-7-4-8-17-14/h3-9,15H,1H2,2H3,(H,18,19). The van der Waals surface area contributed by atoms with Crippen LogP contribution in [-0.2, 0) is 0 Å². The molecule has 0 radical (unpaired) electrons. The number of thiocarbonyl (C=S) groups is 1. The largest absolute Gasteiger partial charge is 0.386 e. The first kappa shape index (κ1) is 13.2. The summed E-state index contributed by atoms with van der Waals surface area (Å²) < 4.78 is 0. The van der Waals surface area contributed by atoms with Crippen molar-refractivity contribution in [3.63, 3.8) is 0 Å². The van der Waals surface area contributed by atoms with Crippen LogP contribution in [0.5, 0.6) is 0 Å². The van der Waals surface area contributed by atoms with E-state index in [1.165, 1.54) is 0 Å². The molecule has 0 fully saturated rings. The summed E-state index contributed by atoms with van der Waals surface area (Å²) in [5.41, 5.74) is 2.75. The fraction of sp³-hybridized carbons (Fsp3) is 0.0714. The SMILES string of the molecule is C=CC(=S)Nc1cc(-c2ncccn2)ccc1NC. The summed E-state index contributed by atoms with van der Waals surface area (Å²) in [6.45, 7) is 3.64. The number of anilines is 2. The zero-order valence-corrected chi connectivity index (χ0v) is 11.4. The molecule has 0 atom stereocenters. The highest BCUT2D eigenvalue weighted by atomic mass is 32.1. The second-order valence-electron chi connectivity index (χ2n) is 3.78. The lowest BCUT2D eigenvalue weighted by Gasteiger charge is -2.12. The number of benzene rings is 1. The average molecular weight is 270 g/mol. The number of hydrogen-bond donors (Lipinski definition) is 2. The maximum Gasteiger partial charge on any atom is 0.159 e. The molecule has 0 amide bonds. The topological polar surface area (TPSA) is 49.8 Å². The van der Waals surface area contributed by atoms with Crippen LogP contribution in [0, 0.1) is 0 Å². The summed E-state index contributed by atoms with van der Waals surface area (Å²) in [6, 6.07) is 7.66. The minimum atomic E-state index is 0.572. The third-order valence-corrected chi connectivity index (χ3v) is 2.82. The molecule has 0 aliphatic heterocycles. The van der Waals surface area contributed by atoms with Crippen molar-refractivity contribution in [1.82, 2.24) is 9.97 Å². The van der Waals surface area contributed by atoms with Gasteiger partial charge in [-0.25, -0.2) is 9.97 Å². The first-order chi connectivity index (χ1) is 9.24. The molecule has 0 aliphatic rings. The lowest BCUT2D eigenvalue weighted by Crippen LogP contribution is -2.07. The Morgan fingerprint density at radius 3 is 2.63 bits per heavy atom. The van der Waals surface area contributed by atoms with Crippen LogP contribution in [0.25, 0.3) is 11.4 Å². The van der Waals surface area contributed by atoms with E-state index >= 15 is 0 Å². The highest BCUT2D eigenvalue weighted by Gasteiger charge is 2.06. The molecule has 96 valence electrons. The number of hydrogen-bond acceptors (Lipinski definition) is 4. The Balaban J connectivity index is 2.41. The van der Waals surface area contributed by atoms with Gasteiger partial charge in [-0.3, -0.25) is 0 Å². The molecule has 1 aromatic carbocycles. The zero-order valence-electron chi connectivity index (χ0n) is 10.6. The second-order valence-corrected chi connectivity index (χ2v) is 4.22. The maximum atomic E-state index is 5.12. The average Bonchev–Trinajstić information content (AvgIpc) is 2.48. The Kier molecular flexibility index (Phi) is 4.20. The molecule has 1 aromatic heterocycles. The zero-order chi connectivity index (χ0) is 13.7. The fourth-order valence-corrected chi connectivity index (χ4v) is 1.75. The van der Waals surface area contributed by atoms with Gasteiger partial charge in [-0.15, -0.1) is 0 Å². The maximum absolute atomic E-state index is 5.12. The summed E-state index contributed by atoms with van der Waals surface area (Å²) in [4.78, 5) is 9.04. The van der Waals surface area contributed by atoms with Crippen LogP contribution in [-0.4, -0.2) is 22.0 Å². The van der Waals surface area contributed by atoms with Crippen LogP contribution >= 0.6 is 12.2 Å². The van der Waals surface area contributed by atoms with Gasteiger partial charge in [-0.2, -0.15) is 0 Å². The molecule has 0 unspecified atom stereocenters. The molecule has 5 heteroatoms. The van der Waals surface area contributed by atoms with E-state index in [2.05, 4.69) is 27.2 Å². The molecule has 1 heterocycles. The second kappa shape index (κ2) is 6.06. The van der Waals surface area contributed by atoms with Gasteiger partial charge in [0.2, 0.25) is 0 Å². The minimum Gasteiger partial charge on any atom is -0.386 e. The molecule has 0 saturated heterocycles. The van der Waals surface area contributed by atoms with Gasteiger partial charge in [-0.05, 0) is 30.3 Å². The number of nitrogens with zero attached hydrogens (tertiary/aromatic N) is 2. The highest BCUT2D eigenvalue weighted by Crippen LogP contribution is 2.27. The molecule has 0 bridgehead atoms. The van der Waals surface area contributed by atoms with E-state index < -0.39 is 0 Å². The summed E-state index contributed by atoms with van der Waals surface area (Å²) in [7, 11) is 1.86. The molecule has 4 nitrogen and oxygen atoms in total. The predicted octanol–water partition coefficient (Wildman–Crippen LogP) is 3.11. The lowest BCUT2D eigenvalue weighted by molar-refractivity contribution is 1.18. The van der Waals surface area contributed by atoms with E-state index in [0.29, 0.717) is 10.8 Å².